The molecule has 0 saturated carbocycles. The lowest BCUT2D eigenvalue weighted by atomic mass is 10.2. The summed E-state index contributed by atoms with van der Waals surface area (Å²) in [6.45, 7) is 0.543. The van der Waals surface area contributed by atoms with Crippen molar-refractivity contribution in [3.8, 4) is 5.69 Å². The minimum atomic E-state index is -0.231. The number of amides is 1. The maximum Gasteiger partial charge on any atom is 0.266 e. The van der Waals surface area contributed by atoms with Crippen LogP contribution in [0.2, 0.25) is 10.0 Å². The van der Waals surface area contributed by atoms with E-state index in [2.05, 4.69) is 4.98 Å². The average Bonchev–Trinajstić information content (AvgIpc) is 3.25. The molecule has 0 bridgehead atoms. The third-order valence-corrected chi connectivity index (χ3v) is 6.88. The average molecular weight is 490 g/mol. The van der Waals surface area contributed by atoms with Gasteiger partial charge in [-0.25, -0.2) is 4.98 Å². The predicted octanol–water partition coefficient (Wildman–Crippen LogP) is 5.50. The van der Waals surface area contributed by atoms with Gasteiger partial charge in [-0.15, -0.1) is 11.3 Å². The van der Waals surface area contributed by atoms with Gasteiger partial charge in [-0.3, -0.25) is 14.2 Å². The van der Waals surface area contributed by atoms with Crippen LogP contribution in [0.1, 0.15) is 4.88 Å². The number of halogens is 2. The molecule has 2 heterocycles. The number of thiophene rings is 1. The Morgan fingerprint density at radius 1 is 1.13 bits per heavy atom. The van der Waals surface area contributed by atoms with Gasteiger partial charge in [0, 0.05) is 22.0 Å². The molecule has 0 spiro atoms. The van der Waals surface area contributed by atoms with Crippen LogP contribution in [-0.4, -0.2) is 33.2 Å². The van der Waals surface area contributed by atoms with Gasteiger partial charge in [-0.1, -0.05) is 41.0 Å². The van der Waals surface area contributed by atoms with Crippen molar-refractivity contribution in [3.05, 3.63) is 85.3 Å². The van der Waals surface area contributed by atoms with Gasteiger partial charge < -0.3 is 4.90 Å². The smallest absolute Gasteiger partial charge is 0.266 e. The molecule has 9 heteroatoms. The van der Waals surface area contributed by atoms with Gasteiger partial charge in [-0.2, -0.15) is 0 Å². The Bertz CT molecular complexity index is 1290. The molecule has 2 aromatic heterocycles. The lowest BCUT2D eigenvalue weighted by molar-refractivity contribution is -0.127. The fourth-order valence-electron chi connectivity index (χ4n) is 3.01. The zero-order valence-corrected chi connectivity index (χ0v) is 19.6. The van der Waals surface area contributed by atoms with Crippen LogP contribution in [0.3, 0.4) is 0 Å². The predicted molar refractivity (Wildman–Crippen MR) is 129 cm³/mol. The van der Waals surface area contributed by atoms with Crippen LogP contribution >= 0.6 is 46.3 Å². The van der Waals surface area contributed by atoms with E-state index < -0.39 is 0 Å². The maximum atomic E-state index is 13.3. The molecule has 0 N–H and O–H groups in total. The summed E-state index contributed by atoms with van der Waals surface area (Å²) in [5.74, 6) is 0.0926. The molecule has 2 aromatic carbocycles. The number of benzene rings is 2. The lowest BCUT2D eigenvalue weighted by Crippen LogP contribution is -2.28. The third kappa shape index (κ3) is 4.96. The molecule has 0 aliphatic heterocycles. The summed E-state index contributed by atoms with van der Waals surface area (Å²) in [5.41, 5.74) is 0.885. The van der Waals surface area contributed by atoms with Gasteiger partial charge in [0.2, 0.25) is 5.91 Å². The number of aromatic nitrogens is 2. The molecule has 0 atom stereocenters. The lowest BCUT2D eigenvalue weighted by Gasteiger charge is -2.17. The first kappa shape index (κ1) is 21.9. The minimum Gasteiger partial charge on any atom is -0.340 e. The monoisotopic (exact) mass is 489 g/mol. The summed E-state index contributed by atoms with van der Waals surface area (Å²) in [7, 11) is 1.77. The second-order valence-corrected chi connectivity index (χ2v) is 9.64. The summed E-state index contributed by atoms with van der Waals surface area (Å²) in [5, 5.41) is 3.91. The molecular weight excluding hydrogens is 473 g/mol. The van der Waals surface area contributed by atoms with Crippen molar-refractivity contribution < 1.29 is 4.79 Å². The largest absolute Gasteiger partial charge is 0.340 e. The first-order valence-electron chi connectivity index (χ1n) is 9.30. The standard InChI is InChI=1S/C22H17Cl2N3O2S2/c1-26(12-17-3-2-10-30-17)20(28)13-31-22-25-19-11-15(24)6-9-18(19)21(29)27(22)16-7-4-14(23)5-8-16/h2-11H,12-13H2,1H3. The van der Waals surface area contributed by atoms with Crippen molar-refractivity contribution in [2.45, 2.75) is 11.7 Å². The van der Waals surface area contributed by atoms with Gasteiger partial charge in [0.15, 0.2) is 5.16 Å². The molecule has 0 aliphatic rings. The van der Waals surface area contributed by atoms with Crippen LogP contribution in [0.25, 0.3) is 16.6 Å². The van der Waals surface area contributed by atoms with Gasteiger partial charge in [-0.05, 0) is 53.9 Å². The van der Waals surface area contributed by atoms with Gasteiger partial charge >= 0.3 is 0 Å². The topological polar surface area (TPSA) is 55.2 Å². The van der Waals surface area contributed by atoms with E-state index in [-0.39, 0.29) is 17.2 Å². The molecule has 0 unspecified atom stereocenters. The quantitative estimate of drug-likeness (QED) is 0.264. The first-order valence-corrected chi connectivity index (χ1v) is 11.9. The maximum absolute atomic E-state index is 13.3. The molecule has 4 rings (SSSR count). The molecule has 1 amide bonds. The number of rotatable bonds is 6. The number of carbonyl (C=O) groups excluding carboxylic acids is 1. The summed E-state index contributed by atoms with van der Waals surface area (Å²) >= 11 is 14.9. The summed E-state index contributed by atoms with van der Waals surface area (Å²) in [6, 6.07) is 15.9. The van der Waals surface area contributed by atoms with Crippen molar-refractivity contribution in [2.75, 3.05) is 12.8 Å². The molecule has 158 valence electrons. The fraction of sp³-hybridized carbons (Fsp3) is 0.136. The van der Waals surface area contributed by atoms with Crippen LogP contribution in [0.5, 0.6) is 0 Å². The van der Waals surface area contributed by atoms with E-state index in [0.29, 0.717) is 38.3 Å². The van der Waals surface area contributed by atoms with Crippen molar-refractivity contribution in [2.24, 2.45) is 0 Å². The Morgan fingerprint density at radius 2 is 1.87 bits per heavy atom. The van der Waals surface area contributed by atoms with Crippen molar-refractivity contribution in [3.63, 3.8) is 0 Å². The summed E-state index contributed by atoms with van der Waals surface area (Å²) < 4.78 is 1.50. The zero-order chi connectivity index (χ0) is 22.0. The molecule has 4 aromatic rings. The highest BCUT2D eigenvalue weighted by Crippen LogP contribution is 2.24. The molecule has 0 fully saturated rings. The van der Waals surface area contributed by atoms with E-state index in [1.54, 1.807) is 65.7 Å². The molecule has 31 heavy (non-hydrogen) atoms. The Labute approximate surface area is 197 Å². The van der Waals surface area contributed by atoms with E-state index in [4.69, 9.17) is 23.2 Å². The first-order chi connectivity index (χ1) is 14.9. The molecular formula is C22H17Cl2N3O2S2. The molecule has 5 nitrogen and oxygen atoms in total. The van der Waals surface area contributed by atoms with E-state index in [1.807, 2.05) is 17.5 Å². The van der Waals surface area contributed by atoms with E-state index >= 15 is 0 Å². The highest BCUT2D eigenvalue weighted by molar-refractivity contribution is 7.99. The Balaban J connectivity index is 1.68. The van der Waals surface area contributed by atoms with Crippen LogP contribution < -0.4 is 5.56 Å². The van der Waals surface area contributed by atoms with Gasteiger partial charge in [0.25, 0.3) is 5.56 Å². The Kier molecular flexibility index (Phi) is 6.67. The highest BCUT2D eigenvalue weighted by atomic mass is 35.5. The summed E-state index contributed by atoms with van der Waals surface area (Å²) in [6.07, 6.45) is 0. The van der Waals surface area contributed by atoms with Crippen LogP contribution in [-0.2, 0) is 11.3 Å². The van der Waals surface area contributed by atoms with E-state index in [1.165, 1.54) is 16.3 Å². The number of nitrogens with zero attached hydrogens (tertiary/aromatic N) is 3. The molecule has 0 aliphatic carbocycles. The molecule has 0 radical (unpaired) electrons. The van der Waals surface area contributed by atoms with Gasteiger partial charge in [0.05, 0.1) is 28.9 Å². The normalized spacial score (nSPS) is 11.1. The Hall–Kier alpha value is -2.32. The number of fused-ring (bicyclic) bond motifs is 1. The second-order valence-electron chi connectivity index (χ2n) is 6.79. The fourth-order valence-corrected chi connectivity index (χ4v) is 5.02. The number of hydrogen-bond donors (Lipinski definition) is 0. The van der Waals surface area contributed by atoms with E-state index in [0.717, 1.165) is 4.88 Å². The zero-order valence-electron chi connectivity index (χ0n) is 16.4. The van der Waals surface area contributed by atoms with Crippen molar-refractivity contribution in [1.82, 2.24) is 14.5 Å². The number of hydrogen-bond acceptors (Lipinski definition) is 5. The highest BCUT2D eigenvalue weighted by Gasteiger charge is 2.17. The van der Waals surface area contributed by atoms with Gasteiger partial charge in [0.1, 0.15) is 0 Å². The third-order valence-electron chi connectivity index (χ3n) is 4.61. The van der Waals surface area contributed by atoms with E-state index in [9.17, 15) is 9.59 Å². The summed E-state index contributed by atoms with van der Waals surface area (Å²) in [4.78, 5) is 33.4. The molecule has 0 saturated heterocycles. The number of carbonyl (C=O) groups is 1. The van der Waals surface area contributed by atoms with Crippen LogP contribution in [0.15, 0.2) is 69.9 Å². The van der Waals surface area contributed by atoms with Crippen LogP contribution in [0.4, 0.5) is 0 Å². The number of thioether (sulfide) groups is 1. The SMILES string of the molecule is CN(Cc1cccs1)C(=O)CSc1nc2cc(Cl)ccc2c(=O)n1-c1ccc(Cl)cc1. The minimum absolute atomic E-state index is 0.0542. The van der Waals surface area contributed by atoms with Crippen molar-refractivity contribution in [1.29, 1.82) is 0 Å². The van der Waals surface area contributed by atoms with Crippen molar-refractivity contribution >= 4 is 63.1 Å². The van der Waals surface area contributed by atoms with Crippen LogP contribution in [0, 0.1) is 0 Å². The Morgan fingerprint density at radius 3 is 2.58 bits per heavy atom. The second kappa shape index (κ2) is 9.44.